The molecular weight excluding hydrogens is 372 g/mol. The molecule has 3 aromatic rings. The van der Waals surface area contributed by atoms with E-state index in [9.17, 15) is 4.79 Å². The first-order valence-electron chi connectivity index (χ1n) is 9.19. The Kier molecular flexibility index (Phi) is 6.26. The standard InChI is InChI=1S/C22H23ClN4O/c1-4-27(18-10-7-8-15(2)12-18)22-25-16(3)13-20(26-22)21(28)24-14-17-9-5-6-11-19(17)23/h5-13H,4,14H2,1-3H3,(H,24,28). The number of nitrogens with zero attached hydrogens (tertiary/aromatic N) is 3. The minimum Gasteiger partial charge on any atom is -0.347 e. The van der Waals surface area contributed by atoms with Gasteiger partial charge in [0.1, 0.15) is 5.69 Å². The fraction of sp³-hybridized carbons (Fsp3) is 0.227. The summed E-state index contributed by atoms with van der Waals surface area (Å²) in [7, 11) is 0. The number of anilines is 2. The monoisotopic (exact) mass is 394 g/mol. The Balaban J connectivity index is 1.84. The van der Waals surface area contributed by atoms with Crippen LogP contribution in [0.3, 0.4) is 0 Å². The molecule has 1 N–H and O–H groups in total. The van der Waals surface area contributed by atoms with Crippen molar-refractivity contribution in [2.24, 2.45) is 0 Å². The van der Waals surface area contributed by atoms with Gasteiger partial charge >= 0.3 is 0 Å². The number of rotatable bonds is 6. The number of nitrogens with one attached hydrogen (secondary N) is 1. The van der Waals surface area contributed by atoms with Gasteiger partial charge in [-0.1, -0.05) is 41.9 Å². The number of carbonyl (C=O) groups is 1. The molecular formula is C22H23ClN4O. The number of hydrogen-bond acceptors (Lipinski definition) is 4. The molecule has 0 aliphatic rings. The zero-order valence-corrected chi connectivity index (χ0v) is 17.0. The molecule has 5 nitrogen and oxygen atoms in total. The van der Waals surface area contributed by atoms with E-state index in [2.05, 4.69) is 21.4 Å². The first-order valence-corrected chi connectivity index (χ1v) is 9.57. The predicted octanol–water partition coefficient (Wildman–Crippen LogP) is 4.83. The van der Waals surface area contributed by atoms with E-state index in [-0.39, 0.29) is 5.91 Å². The molecule has 0 aliphatic carbocycles. The van der Waals surface area contributed by atoms with Crippen LogP contribution in [0.25, 0.3) is 0 Å². The highest BCUT2D eigenvalue weighted by Gasteiger charge is 2.16. The van der Waals surface area contributed by atoms with Gasteiger partial charge in [0.2, 0.25) is 5.95 Å². The van der Waals surface area contributed by atoms with Gasteiger partial charge in [0.25, 0.3) is 5.91 Å². The van der Waals surface area contributed by atoms with Gasteiger partial charge < -0.3 is 10.2 Å². The molecule has 1 heterocycles. The first-order chi connectivity index (χ1) is 13.5. The first kappa shape index (κ1) is 19.8. The molecule has 0 atom stereocenters. The summed E-state index contributed by atoms with van der Waals surface area (Å²) in [5.74, 6) is 0.253. The van der Waals surface area contributed by atoms with Crippen LogP contribution in [0.1, 0.15) is 34.2 Å². The van der Waals surface area contributed by atoms with Crippen LogP contribution in [0.2, 0.25) is 5.02 Å². The Morgan fingerprint density at radius 2 is 1.86 bits per heavy atom. The largest absolute Gasteiger partial charge is 0.347 e. The van der Waals surface area contributed by atoms with Crippen molar-refractivity contribution >= 4 is 29.1 Å². The minimum absolute atomic E-state index is 0.257. The topological polar surface area (TPSA) is 58.1 Å². The highest BCUT2D eigenvalue weighted by molar-refractivity contribution is 6.31. The molecule has 0 spiro atoms. The summed E-state index contributed by atoms with van der Waals surface area (Å²) in [6, 6.07) is 17.3. The zero-order valence-electron chi connectivity index (χ0n) is 16.2. The molecule has 3 rings (SSSR count). The predicted molar refractivity (Wildman–Crippen MR) is 113 cm³/mol. The maximum absolute atomic E-state index is 12.7. The van der Waals surface area contributed by atoms with Gasteiger partial charge in [0.15, 0.2) is 0 Å². The minimum atomic E-state index is -0.257. The normalized spacial score (nSPS) is 10.6. The van der Waals surface area contributed by atoms with Crippen molar-refractivity contribution in [3.63, 3.8) is 0 Å². The Morgan fingerprint density at radius 1 is 1.07 bits per heavy atom. The van der Waals surface area contributed by atoms with Crippen LogP contribution >= 0.6 is 11.6 Å². The third kappa shape index (κ3) is 4.67. The number of hydrogen-bond donors (Lipinski definition) is 1. The second-order valence-corrected chi connectivity index (χ2v) is 6.96. The maximum Gasteiger partial charge on any atom is 0.270 e. The molecule has 0 bridgehead atoms. The zero-order chi connectivity index (χ0) is 20.1. The van der Waals surface area contributed by atoms with Gasteiger partial charge in [0.05, 0.1) is 0 Å². The van der Waals surface area contributed by atoms with Crippen molar-refractivity contribution in [1.82, 2.24) is 15.3 Å². The average molecular weight is 395 g/mol. The summed E-state index contributed by atoms with van der Waals surface area (Å²) < 4.78 is 0. The third-order valence-electron chi connectivity index (χ3n) is 4.34. The fourth-order valence-electron chi connectivity index (χ4n) is 2.93. The summed E-state index contributed by atoms with van der Waals surface area (Å²) in [4.78, 5) is 23.7. The van der Waals surface area contributed by atoms with E-state index in [1.165, 1.54) is 0 Å². The van der Waals surface area contributed by atoms with E-state index in [0.717, 1.165) is 22.5 Å². The van der Waals surface area contributed by atoms with E-state index < -0.39 is 0 Å². The molecule has 0 unspecified atom stereocenters. The SMILES string of the molecule is CCN(c1cccc(C)c1)c1nc(C)cc(C(=O)NCc2ccccc2Cl)n1. The highest BCUT2D eigenvalue weighted by atomic mass is 35.5. The summed E-state index contributed by atoms with van der Waals surface area (Å²) >= 11 is 6.16. The lowest BCUT2D eigenvalue weighted by Crippen LogP contribution is -2.26. The average Bonchev–Trinajstić information content (AvgIpc) is 2.67. The molecule has 0 saturated heterocycles. The van der Waals surface area contributed by atoms with Gasteiger partial charge in [-0.15, -0.1) is 0 Å². The van der Waals surface area contributed by atoms with Gasteiger partial charge in [-0.25, -0.2) is 9.97 Å². The van der Waals surface area contributed by atoms with Crippen LogP contribution in [-0.4, -0.2) is 22.4 Å². The smallest absolute Gasteiger partial charge is 0.270 e. The lowest BCUT2D eigenvalue weighted by molar-refractivity contribution is 0.0945. The van der Waals surface area contributed by atoms with Gasteiger partial charge in [-0.3, -0.25) is 4.79 Å². The van der Waals surface area contributed by atoms with E-state index in [1.807, 2.05) is 62.1 Å². The van der Waals surface area contributed by atoms with Gasteiger partial charge in [-0.05, 0) is 56.2 Å². The Labute approximate surface area is 170 Å². The molecule has 0 fully saturated rings. The lowest BCUT2D eigenvalue weighted by atomic mass is 10.2. The Bertz CT molecular complexity index is 990. The van der Waals surface area contributed by atoms with E-state index >= 15 is 0 Å². The van der Waals surface area contributed by atoms with Crippen molar-refractivity contribution in [3.8, 4) is 0 Å². The molecule has 28 heavy (non-hydrogen) atoms. The van der Waals surface area contributed by atoms with Crippen LogP contribution < -0.4 is 10.2 Å². The van der Waals surface area contributed by atoms with Crippen molar-refractivity contribution in [2.45, 2.75) is 27.3 Å². The number of aromatic nitrogens is 2. The summed E-state index contributed by atoms with van der Waals surface area (Å²) in [6.07, 6.45) is 0. The Hall–Kier alpha value is -2.92. The molecule has 0 aliphatic heterocycles. The second-order valence-electron chi connectivity index (χ2n) is 6.55. The molecule has 1 amide bonds. The molecule has 6 heteroatoms. The van der Waals surface area contributed by atoms with E-state index in [0.29, 0.717) is 29.8 Å². The van der Waals surface area contributed by atoms with Gasteiger partial charge in [0, 0.05) is 29.5 Å². The second kappa shape index (κ2) is 8.85. The van der Waals surface area contributed by atoms with E-state index in [4.69, 9.17) is 11.6 Å². The number of amides is 1. The molecule has 0 radical (unpaired) electrons. The van der Waals surface area contributed by atoms with Crippen LogP contribution in [0.15, 0.2) is 54.6 Å². The fourth-order valence-corrected chi connectivity index (χ4v) is 3.14. The van der Waals surface area contributed by atoms with Crippen molar-refractivity contribution in [1.29, 1.82) is 0 Å². The lowest BCUT2D eigenvalue weighted by Gasteiger charge is -2.22. The quantitative estimate of drug-likeness (QED) is 0.650. The summed E-state index contributed by atoms with van der Waals surface area (Å²) in [5.41, 5.74) is 4.08. The number of halogens is 1. The van der Waals surface area contributed by atoms with Crippen molar-refractivity contribution in [3.05, 3.63) is 82.1 Å². The highest BCUT2D eigenvalue weighted by Crippen LogP contribution is 2.23. The number of aryl methyl sites for hydroxylation is 2. The number of benzene rings is 2. The van der Waals surface area contributed by atoms with Crippen LogP contribution in [0, 0.1) is 13.8 Å². The summed E-state index contributed by atoms with van der Waals surface area (Å²) in [5, 5.41) is 3.51. The van der Waals surface area contributed by atoms with Crippen LogP contribution in [-0.2, 0) is 6.54 Å². The molecule has 1 aromatic heterocycles. The Morgan fingerprint density at radius 3 is 2.57 bits per heavy atom. The van der Waals surface area contributed by atoms with Crippen LogP contribution in [0.5, 0.6) is 0 Å². The molecule has 2 aromatic carbocycles. The van der Waals surface area contributed by atoms with Crippen LogP contribution in [0.4, 0.5) is 11.6 Å². The molecule has 0 saturated carbocycles. The molecule has 144 valence electrons. The third-order valence-corrected chi connectivity index (χ3v) is 4.71. The van der Waals surface area contributed by atoms with Crippen molar-refractivity contribution in [2.75, 3.05) is 11.4 Å². The van der Waals surface area contributed by atoms with Gasteiger partial charge in [-0.2, -0.15) is 0 Å². The van der Waals surface area contributed by atoms with Crippen molar-refractivity contribution < 1.29 is 4.79 Å². The maximum atomic E-state index is 12.7. The summed E-state index contributed by atoms with van der Waals surface area (Å²) in [6.45, 7) is 6.97. The number of carbonyl (C=O) groups excluding carboxylic acids is 1. The van der Waals surface area contributed by atoms with E-state index in [1.54, 1.807) is 12.1 Å².